The standard InChI is InChI=1S/C11H14N2O2/c12-7-1-2-8-13-11(14)6-5-10-4-3-9-15-10/h1-6,9H,7-8,12H2,(H,13,14)/b2-1+,6-5+. The maximum atomic E-state index is 11.2. The van der Waals surface area contributed by atoms with E-state index in [0.29, 0.717) is 18.8 Å². The molecule has 0 spiro atoms. The lowest BCUT2D eigenvalue weighted by Gasteiger charge is -1.95. The summed E-state index contributed by atoms with van der Waals surface area (Å²) in [5.74, 6) is 0.496. The number of nitrogens with two attached hydrogens (primary N) is 1. The Kier molecular flexibility index (Phi) is 4.97. The first kappa shape index (κ1) is 11.3. The number of amides is 1. The van der Waals surface area contributed by atoms with Gasteiger partial charge in [-0.05, 0) is 18.2 Å². The number of carbonyl (C=O) groups is 1. The van der Waals surface area contributed by atoms with E-state index in [0.717, 1.165) is 0 Å². The van der Waals surface area contributed by atoms with Gasteiger partial charge in [0.1, 0.15) is 5.76 Å². The molecule has 3 N–H and O–H groups in total. The molecule has 0 atom stereocenters. The monoisotopic (exact) mass is 206 g/mol. The van der Waals surface area contributed by atoms with Crippen LogP contribution in [0.1, 0.15) is 5.76 Å². The van der Waals surface area contributed by atoms with Crippen molar-refractivity contribution < 1.29 is 9.21 Å². The third-order valence-corrected chi connectivity index (χ3v) is 1.64. The van der Waals surface area contributed by atoms with Gasteiger partial charge < -0.3 is 15.5 Å². The van der Waals surface area contributed by atoms with Crippen molar-refractivity contribution in [2.75, 3.05) is 13.1 Å². The minimum atomic E-state index is -0.159. The van der Waals surface area contributed by atoms with Gasteiger partial charge in [0, 0.05) is 19.2 Å². The molecule has 1 amide bonds. The number of hydrogen-bond donors (Lipinski definition) is 2. The molecule has 0 aliphatic rings. The summed E-state index contributed by atoms with van der Waals surface area (Å²) in [4.78, 5) is 11.2. The highest BCUT2D eigenvalue weighted by Crippen LogP contribution is 2.01. The minimum Gasteiger partial charge on any atom is -0.465 e. The lowest BCUT2D eigenvalue weighted by Crippen LogP contribution is -2.20. The SMILES string of the molecule is NC/C=C/CNC(=O)/C=C/c1ccco1. The lowest BCUT2D eigenvalue weighted by molar-refractivity contribution is -0.116. The van der Waals surface area contributed by atoms with Crippen LogP contribution in [0.2, 0.25) is 0 Å². The van der Waals surface area contributed by atoms with E-state index in [-0.39, 0.29) is 5.91 Å². The molecular weight excluding hydrogens is 192 g/mol. The predicted octanol–water partition coefficient (Wildman–Crippen LogP) is 0.924. The summed E-state index contributed by atoms with van der Waals surface area (Å²) in [7, 11) is 0. The van der Waals surface area contributed by atoms with Crippen LogP contribution >= 0.6 is 0 Å². The summed E-state index contributed by atoms with van der Waals surface area (Å²) < 4.78 is 5.03. The molecule has 80 valence electrons. The molecule has 4 nitrogen and oxygen atoms in total. The zero-order valence-electron chi connectivity index (χ0n) is 8.35. The highest BCUT2D eigenvalue weighted by Gasteiger charge is 1.93. The van der Waals surface area contributed by atoms with Gasteiger partial charge in [-0.2, -0.15) is 0 Å². The average Bonchev–Trinajstić information content (AvgIpc) is 2.74. The van der Waals surface area contributed by atoms with Gasteiger partial charge in [-0.25, -0.2) is 0 Å². The zero-order chi connectivity index (χ0) is 10.9. The summed E-state index contributed by atoms with van der Waals surface area (Å²) in [6.07, 6.45) is 8.19. The van der Waals surface area contributed by atoms with Crippen molar-refractivity contribution in [2.45, 2.75) is 0 Å². The molecule has 0 unspecified atom stereocenters. The van der Waals surface area contributed by atoms with Crippen molar-refractivity contribution in [2.24, 2.45) is 5.73 Å². The molecule has 1 aromatic rings. The van der Waals surface area contributed by atoms with E-state index in [9.17, 15) is 4.79 Å². The van der Waals surface area contributed by atoms with Gasteiger partial charge in [0.05, 0.1) is 6.26 Å². The number of hydrogen-bond acceptors (Lipinski definition) is 3. The van der Waals surface area contributed by atoms with Crippen molar-refractivity contribution in [1.29, 1.82) is 0 Å². The fourth-order valence-electron chi connectivity index (χ4n) is 0.942. The van der Waals surface area contributed by atoms with Crippen LogP contribution in [0.25, 0.3) is 6.08 Å². The van der Waals surface area contributed by atoms with Gasteiger partial charge in [-0.3, -0.25) is 4.79 Å². The summed E-state index contributed by atoms with van der Waals surface area (Å²) in [5.41, 5.74) is 5.24. The minimum absolute atomic E-state index is 0.159. The molecule has 1 aromatic heterocycles. The van der Waals surface area contributed by atoms with Gasteiger partial charge in [-0.15, -0.1) is 0 Å². The van der Waals surface area contributed by atoms with E-state index in [1.165, 1.54) is 6.08 Å². The van der Waals surface area contributed by atoms with Crippen LogP contribution in [-0.4, -0.2) is 19.0 Å². The van der Waals surface area contributed by atoms with Gasteiger partial charge >= 0.3 is 0 Å². The molecule has 0 bridgehead atoms. The van der Waals surface area contributed by atoms with Crippen molar-refractivity contribution in [1.82, 2.24) is 5.32 Å². The van der Waals surface area contributed by atoms with E-state index in [2.05, 4.69) is 5.32 Å². The maximum absolute atomic E-state index is 11.2. The molecule has 1 rings (SSSR count). The summed E-state index contributed by atoms with van der Waals surface area (Å²) in [5, 5.41) is 2.67. The Morgan fingerprint density at radius 2 is 2.40 bits per heavy atom. The molecule has 0 aliphatic heterocycles. The second kappa shape index (κ2) is 6.62. The van der Waals surface area contributed by atoms with Gasteiger partial charge in [-0.1, -0.05) is 12.2 Å². The van der Waals surface area contributed by atoms with Crippen LogP contribution in [0.4, 0.5) is 0 Å². The molecule has 0 aromatic carbocycles. The molecular formula is C11H14N2O2. The molecule has 0 fully saturated rings. The van der Waals surface area contributed by atoms with E-state index in [4.69, 9.17) is 10.2 Å². The fraction of sp³-hybridized carbons (Fsp3) is 0.182. The van der Waals surface area contributed by atoms with Crippen LogP contribution in [0.5, 0.6) is 0 Å². The average molecular weight is 206 g/mol. The fourth-order valence-corrected chi connectivity index (χ4v) is 0.942. The Hall–Kier alpha value is -1.81. The van der Waals surface area contributed by atoms with Crippen molar-refractivity contribution >= 4 is 12.0 Å². The van der Waals surface area contributed by atoms with Crippen LogP contribution in [0, 0.1) is 0 Å². The van der Waals surface area contributed by atoms with Crippen LogP contribution < -0.4 is 11.1 Å². The van der Waals surface area contributed by atoms with Gasteiger partial charge in [0.25, 0.3) is 0 Å². The summed E-state index contributed by atoms with van der Waals surface area (Å²) >= 11 is 0. The van der Waals surface area contributed by atoms with E-state index in [1.54, 1.807) is 36.6 Å². The highest BCUT2D eigenvalue weighted by atomic mass is 16.3. The number of furan rings is 1. The van der Waals surface area contributed by atoms with Crippen molar-refractivity contribution in [3.63, 3.8) is 0 Å². The van der Waals surface area contributed by atoms with E-state index < -0.39 is 0 Å². The van der Waals surface area contributed by atoms with E-state index in [1.807, 2.05) is 0 Å². The Labute approximate surface area is 88.5 Å². The Bertz CT molecular complexity index is 339. The van der Waals surface area contributed by atoms with Crippen molar-refractivity contribution in [3.8, 4) is 0 Å². The molecule has 0 saturated carbocycles. The highest BCUT2D eigenvalue weighted by molar-refractivity contribution is 5.91. The largest absolute Gasteiger partial charge is 0.465 e. The first-order valence-electron chi connectivity index (χ1n) is 4.67. The molecule has 0 aliphatic carbocycles. The molecule has 0 saturated heterocycles. The predicted molar refractivity (Wildman–Crippen MR) is 58.9 cm³/mol. The Balaban J connectivity index is 2.27. The van der Waals surface area contributed by atoms with Gasteiger partial charge in [0.15, 0.2) is 0 Å². The third-order valence-electron chi connectivity index (χ3n) is 1.64. The summed E-state index contributed by atoms with van der Waals surface area (Å²) in [6.45, 7) is 0.969. The molecule has 1 heterocycles. The number of rotatable bonds is 5. The Morgan fingerprint density at radius 3 is 3.07 bits per heavy atom. The van der Waals surface area contributed by atoms with Crippen molar-refractivity contribution in [3.05, 3.63) is 42.4 Å². The van der Waals surface area contributed by atoms with Gasteiger partial charge in [0.2, 0.25) is 5.91 Å². The van der Waals surface area contributed by atoms with Crippen LogP contribution in [0.15, 0.2) is 41.0 Å². The Morgan fingerprint density at radius 1 is 1.53 bits per heavy atom. The second-order valence-electron chi connectivity index (χ2n) is 2.80. The van der Waals surface area contributed by atoms with Crippen LogP contribution in [0.3, 0.4) is 0 Å². The second-order valence-corrected chi connectivity index (χ2v) is 2.80. The maximum Gasteiger partial charge on any atom is 0.244 e. The first-order valence-corrected chi connectivity index (χ1v) is 4.67. The number of carbonyl (C=O) groups excluding carboxylic acids is 1. The van der Waals surface area contributed by atoms with Crippen LogP contribution in [-0.2, 0) is 4.79 Å². The lowest BCUT2D eigenvalue weighted by atomic mass is 10.4. The van der Waals surface area contributed by atoms with E-state index >= 15 is 0 Å². The first-order chi connectivity index (χ1) is 7.33. The topological polar surface area (TPSA) is 68.3 Å². The smallest absolute Gasteiger partial charge is 0.244 e. The summed E-state index contributed by atoms with van der Waals surface area (Å²) in [6, 6.07) is 3.54. The molecule has 15 heavy (non-hydrogen) atoms. The zero-order valence-corrected chi connectivity index (χ0v) is 8.35. The third kappa shape index (κ3) is 4.83. The normalized spacial score (nSPS) is 11.3. The molecule has 4 heteroatoms. The quantitative estimate of drug-likeness (QED) is 0.556. The number of nitrogens with one attached hydrogen (secondary N) is 1. The molecule has 0 radical (unpaired) electrons.